The van der Waals surface area contributed by atoms with Crippen molar-refractivity contribution in [1.29, 1.82) is 0 Å². The second-order valence-corrected chi connectivity index (χ2v) is 6.19. The van der Waals surface area contributed by atoms with Gasteiger partial charge >= 0.3 is 0 Å². The Morgan fingerprint density at radius 2 is 2.17 bits per heavy atom. The highest BCUT2D eigenvalue weighted by Crippen LogP contribution is 2.50. The van der Waals surface area contributed by atoms with Crippen LogP contribution in [0.5, 0.6) is 5.75 Å². The first-order chi connectivity index (χ1) is 8.63. The van der Waals surface area contributed by atoms with Crippen LogP contribution in [0.1, 0.15) is 38.2 Å². The summed E-state index contributed by atoms with van der Waals surface area (Å²) in [6.07, 6.45) is 5.15. The van der Waals surface area contributed by atoms with E-state index in [9.17, 15) is 5.11 Å². The summed E-state index contributed by atoms with van der Waals surface area (Å²) < 4.78 is 0. The number of aromatic hydroxyl groups is 1. The van der Waals surface area contributed by atoms with Crippen molar-refractivity contribution >= 4 is 0 Å². The van der Waals surface area contributed by atoms with Crippen LogP contribution in [0, 0.1) is 5.92 Å². The Hall–Kier alpha value is -1.02. The number of phenols is 1. The molecule has 3 rings (SSSR count). The fourth-order valence-corrected chi connectivity index (χ4v) is 4.34. The third-order valence-electron chi connectivity index (χ3n) is 5.47. The van der Waals surface area contributed by atoms with Crippen LogP contribution in [-0.2, 0) is 5.41 Å². The fraction of sp³-hybridized carbons (Fsp3) is 0.625. The molecule has 98 valence electrons. The number of rotatable bonds is 1. The molecule has 2 heteroatoms. The van der Waals surface area contributed by atoms with E-state index in [1.54, 1.807) is 6.07 Å². The van der Waals surface area contributed by atoms with Crippen molar-refractivity contribution in [3.63, 3.8) is 0 Å². The summed E-state index contributed by atoms with van der Waals surface area (Å²) in [6, 6.07) is 8.69. The summed E-state index contributed by atoms with van der Waals surface area (Å²) in [5, 5.41) is 9.77. The summed E-state index contributed by atoms with van der Waals surface area (Å²) in [5.41, 5.74) is 1.65. The molecule has 0 aromatic heterocycles. The maximum atomic E-state index is 9.77. The molecule has 2 fully saturated rings. The van der Waals surface area contributed by atoms with Gasteiger partial charge in [0.2, 0.25) is 0 Å². The number of nitrogens with zero attached hydrogens (tertiary/aromatic N) is 1. The Balaban J connectivity index is 2.02. The first-order valence-electron chi connectivity index (χ1n) is 7.13. The minimum absolute atomic E-state index is 0.300. The van der Waals surface area contributed by atoms with Gasteiger partial charge in [0, 0.05) is 11.5 Å². The number of likely N-dealkylation sites (tertiary alicyclic amines) is 1. The maximum Gasteiger partial charge on any atom is 0.115 e. The molecule has 1 heterocycles. The fourth-order valence-electron chi connectivity index (χ4n) is 4.34. The highest BCUT2D eigenvalue weighted by Gasteiger charge is 2.48. The lowest BCUT2D eigenvalue weighted by molar-refractivity contribution is 0.0126. The summed E-state index contributed by atoms with van der Waals surface area (Å²) in [7, 11) is 2.26. The van der Waals surface area contributed by atoms with Crippen molar-refractivity contribution < 1.29 is 5.11 Å². The van der Waals surface area contributed by atoms with E-state index in [-0.39, 0.29) is 0 Å². The first-order valence-corrected chi connectivity index (χ1v) is 7.13. The van der Waals surface area contributed by atoms with E-state index >= 15 is 0 Å². The van der Waals surface area contributed by atoms with Crippen LogP contribution < -0.4 is 0 Å². The van der Waals surface area contributed by atoms with Gasteiger partial charge in [-0.3, -0.25) is 0 Å². The predicted octanol–water partition coefficient (Wildman–Crippen LogP) is 3.15. The molecule has 0 spiro atoms. The predicted molar refractivity (Wildman–Crippen MR) is 73.8 cm³/mol. The Morgan fingerprint density at radius 3 is 2.94 bits per heavy atom. The highest BCUT2D eigenvalue weighted by atomic mass is 16.3. The van der Waals surface area contributed by atoms with Crippen LogP contribution in [0.3, 0.4) is 0 Å². The monoisotopic (exact) mass is 245 g/mol. The molecule has 1 aromatic carbocycles. The molecule has 1 N–H and O–H groups in total. The number of fused-ring (bicyclic) bond motifs is 2. The lowest BCUT2D eigenvalue weighted by Gasteiger charge is -2.55. The van der Waals surface area contributed by atoms with Crippen LogP contribution in [0.15, 0.2) is 24.3 Å². The molecular formula is C16H23NO. The smallest absolute Gasteiger partial charge is 0.115 e. The summed E-state index contributed by atoms with van der Waals surface area (Å²) in [4.78, 5) is 2.53. The van der Waals surface area contributed by atoms with Crippen LogP contribution in [0.2, 0.25) is 0 Å². The van der Waals surface area contributed by atoms with E-state index in [1.807, 2.05) is 12.1 Å². The van der Waals surface area contributed by atoms with Crippen molar-refractivity contribution in [2.75, 3.05) is 13.6 Å². The van der Waals surface area contributed by atoms with Crippen LogP contribution >= 0.6 is 0 Å². The maximum absolute atomic E-state index is 9.77. The lowest BCUT2D eigenvalue weighted by atomic mass is 9.57. The van der Waals surface area contributed by atoms with Crippen LogP contribution in [0.4, 0.5) is 0 Å². The van der Waals surface area contributed by atoms with Crippen LogP contribution in [-0.4, -0.2) is 29.6 Å². The number of piperidine rings is 1. The molecule has 0 unspecified atom stereocenters. The number of benzene rings is 1. The van der Waals surface area contributed by atoms with Gasteiger partial charge in [-0.05, 0) is 56.5 Å². The van der Waals surface area contributed by atoms with E-state index in [1.165, 1.54) is 37.8 Å². The van der Waals surface area contributed by atoms with Crippen molar-refractivity contribution in [2.45, 2.75) is 44.1 Å². The van der Waals surface area contributed by atoms with Gasteiger partial charge in [-0.25, -0.2) is 0 Å². The van der Waals surface area contributed by atoms with Gasteiger partial charge in [-0.15, -0.1) is 0 Å². The normalized spacial score (nSPS) is 36.6. The van der Waals surface area contributed by atoms with Gasteiger partial charge in [0.15, 0.2) is 0 Å². The molecular weight excluding hydrogens is 222 g/mol. The molecule has 0 radical (unpaired) electrons. The molecule has 2 bridgehead atoms. The third kappa shape index (κ3) is 1.66. The van der Waals surface area contributed by atoms with E-state index in [2.05, 4.69) is 24.9 Å². The van der Waals surface area contributed by atoms with Gasteiger partial charge in [0.1, 0.15) is 5.75 Å². The molecule has 2 aliphatic rings. The van der Waals surface area contributed by atoms with Crippen LogP contribution in [0.25, 0.3) is 0 Å². The highest BCUT2D eigenvalue weighted by molar-refractivity contribution is 5.35. The lowest BCUT2D eigenvalue weighted by Crippen LogP contribution is -2.56. The van der Waals surface area contributed by atoms with Crippen molar-refractivity contribution in [2.24, 2.45) is 5.92 Å². The average Bonchev–Trinajstić information content (AvgIpc) is 2.35. The van der Waals surface area contributed by atoms with E-state index in [0.29, 0.717) is 17.1 Å². The zero-order valence-corrected chi connectivity index (χ0v) is 11.4. The average molecular weight is 245 g/mol. The minimum Gasteiger partial charge on any atom is -0.508 e. The molecule has 0 amide bonds. The number of hydrogen-bond donors (Lipinski definition) is 1. The summed E-state index contributed by atoms with van der Waals surface area (Å²) >= 11 is 0. The zero-order valence-electron chi connectivity index (χ0n) is 11.4. The Labute approximate surface area is 110 Å². The Bertz CT molecular complexity index is 444. The van der Waals surface area contributed by atoms with E-state index < -0.39 is 0 Å². The quantitative estimate of drug-likeness (QED) is 0.821. The molecule has 3 atom stereocenters. The molecule has 1 aliphatic heterocycles. The molecule has 1 saturated heterocycles. The van der Waals surface area contributed by atoms with Crippen molar-refractivity contribution in [1.82, 2.24) is 4.90 Å². The number of hydrogen-bond acceptors (Lipinski definition) is 2. The standard InChI is InChI=1S/C16H23NO/c1-12-15-7-4-8-16(12,9-10-17(15)2)13-5-3-6-14(18)11-13/h3,5-6,11-12,15,18H,4,7-10H2,1-2H3/t12-,15-,16+/m0/s1. The van der Waals surface area contributed by atoms with E-state index in [4.69, 9.17) is 0 Å². The molecule has 18 heavy (non-hydrogen) atoms. The van der Waals surface area contributed by atoms with Gasteiger partial charge in [-0.2, -0.15) is 0 Å². The topological polar surface area (TPSA) is 23.5 Å². The Morgan fingerprint density at radius 1 is 1.33 bits per heavy atom. The van der Waals surface area contributed by atoms with Crippen molar-refractivity contribution in [3.8, 4) is 5.75 Å². The third-order valence-corrected chi connectivity index (χ3v) is 5.47. The molecule has 1 aliphatic carbocycles. The molecule has 1 saturated carbocycles. The SMILES string of the molecule is C[C@H]1[C@@H]2CCC[C@@]1(c1cccc(O)c1)CCN2C. The summed E-state index contributed by atoms with van der Waals surface area (Å²) in [6.45, 7) is 3.59. The van der Waals surface area contributed by atoms with Gasteiger partial charge < -0.3 is 10.0 Å². The second-order valence-electron chi connectivity index (χ2n) is 6.19. The van der Waals surface area contributed by atoms with E-state index in [0.717, 1.165) is 6.04 Å². The van der Waals surface area contributed by atoms with Gasteiger partial charge in [0.05, 0.1) is 0 Å². The molecule has 1 aromatic rings. The zero-order chi connectivity index (χ0) is 12.8. The Kier molecular flexibility index (Phi) is 2.86. The largest absolute Gasteiger partial charge is 0.508 e. The summed E-state index contributed by atoms with van der Waals surface area (Å²) in [5.74, 6) is 1.10. The van der Waals surface area contributed by atoms with Gasteiger partial charge in [-0.1, -0.05) is 25.5 Å². The minimum atomic E-state index is 0.300. The first kappa shape index (κ1) is 12.0. The van der Waals surface area contributed by atoms with Gasteiger partial charge in [0.25, 0.3) is 0 Å². The number of phenolic OH excluding ortho intramolecular Hbond substituents is 1. The molecule has 2 nitrogen and oxygen atoms in total. The van der Waals surface area contributed by atoms with Crippen molar-refractivity contribution in [3.05, 3.63) is 29.8 Å². The second kappa shape index (κ2) is 4.27.